The van der Waals surface area contributed by atoms with Crippen molar-refractivity contribution in [3.63, 3.8) is 0 Å². The molecule has 1 atom stereocenters. The zero-order chi connectivity index (χ0) is 20.3. The third-order valence-corrected chi connectivity index (χ3v) is 5.61. The van der Waals surface area contributed by atoms with Crippen LogP contribution in [-0.2, 0) is 9.59 Å². The zero-order valence-electron chi connectivity index (χ0n) is 15.1. The number of carboxylic acids is 1. The van der Waals surface area contributed by atoms with Crippen LogP contribution in [0.1, 0.15) is 31.9 Å². The average Bonchev–Trinajstić information content (AvgIpc) is 3.22. The second kappa shape index (κ2) is 8.70. The molecule has 1 amide bonds. The van der Waals surface area contributed by atoms with E-state index in [9.17, 15) is 19.1 Å². The summed E-state index contributed by atoms with van der Waals surface area (Å²) in [6.45, 7) is 1.96. The zero-order valence-corrected chi connectivity index (χ0v) is 16.7. The monoisotopic (exact) mass is 419 g/mol. The van der Waals surface area contributed by atoms with Crippen molar-refractivity contribution in [1.82, 2.24) is 4.90 Å². The van der Waals surface area contributed by atoms with Gasteiger partial charge in [-0.3, -0.25) is 9.69 Å². The van der Waals surface area contributed by atoms with E-state index < -0.39 is 17.9 Å². The summed E-state index contributed by atoms with van der Waals surface area (Å²) in [6, 6.07) is 8.32. The van der Waals surface area contributed by atoms with E-state index in [1.807, 2.05) is 6.92 Å². The summed E-state index contributed by atoms with van der Waals surface area (Å²) in [6.07, 6.45) is 3.41. The first-order valence-electron chi connectivity index (χ1n) is 8.76. The third-order valence-electron chi connectivity index (χ3n) is 4.28. The van der Waals surface area contributed by atoms with Gasteiger partial charge in [0.25, 0.3) is 5.91 Å². The van der Waals surface area contributed by atoms with Crippen molar-refractivity contribution >= 4 is 46.3 Å². The van der Waals surface area contributed by atoms with Gasteiger partial charge in [0.15, 0.2) is 0 Å². The summed E-state index contributed by atoms with van der Waals surface area (Å²) in [5, 5.41) is 9.49. The number of benzene rings is 1. The van der Waals surface area contributed by atoms with E-state index >= 15 is 0 Å². The molecule has 1 N–H and O–H groups in total. The molecule has 1 aliphatic heterocycles. The van der Waals surface area contributed by atoms with Crippen LogP contribution < -0.4 is 0 Å². The highest BCUT2D eigenvalue weighted by atomic mass is 32.2. The summed E-state index contributed by atoms with van der Waals surface area (Å²) in [5.74, 6) is -0.871. The standard InChI is InChI=1S/C20H18FNO4S2/c1-2-3-4-15(19(24)25)22-18(23)17(28-20(22)27)11-14-9-10-16(26-14)12-5-7-13(21)8-6-12/h5-11,15H,2-4H2,1H3,(H,24,25)/b17-11+/t15-/m0/s1. The molecule has 2 aromatic rings. The molecule has 0 aliphatic carbocycles. The van der Waals surface area contributed by atoms with Crippen LogP contribution >= 0.6 is 24.0 Å². The minimum absolute atomic E-state index is 0.227. The molecule has 2 heterocycles. The van der Waals surface area contributed by atoms with E-state index in [-0.39, 0.29) is 10.1 Å². The van der Waals surface area contributed by atoms with Gasteiger partial charge in [-0.25, -0.2) is 9.18 Å². The lowest BCUT2D eigenvalue weighted by Gasteiger charge is -2.22. The lowest BCUT2D eigenvalue weighted by molar-refractivity contribution is -0.145. The van der Waals surface area contributed by atoms with Gasteiger partial charge in [-0.15, -0.1) is 0 Å². The average molecular weight is 419 g/mol. The molecule has 3 rings (SSSR count). The number of halogens is 1. The van der Waals surface area contributed by atoms with Crippen LogP contribution in [0.3, 0.4) is 0 Å². The maximum Gasteiger partial charge on any atom is 0.326 e. The SMILES string of the molecule is CCCC[C@@H](C(=O)O)N1C(=O)/C(=C\c2ccc(-c3ccc(F)cc3)o2)SC1=S. The van der Waals surface area contributed by atoms with Crippen molar-refractivity contribution in [1.29, 1.82) is 0 Å². The molecule has 1 fully saturated rings. The van der Waals surface area contributed by atoms with Crippen LogP contribution in [0.4, 0.5) is 4.39 Å². The van der Waals surface area contributed by atoms with Crippen LogP contribution in [0.5, 0.6) is 0 Å². The van der Waals surface area contributed by atoms with Gasteiger partial charge in [-0.05, 0) is 42.8 Å². The second-order valence-corrected chi connectivity index (χ2v) is 7.93. The number of nitrogens with zero attached hydrogens (tertiary/aromatic N) is 1. The van der Waals surface area contributed by atoms with Crippen LogP contribution in [-0.4, -0.2) is 32.2 Å². The molecular formula is C20H18FNO4S2. The van der Waals surface area contributed by atoms with Crippen LogP contribution in [0.2, 0.25) is 0 Å². The smallest absolute Gasteiger partial charge is 0.326 e. The number of furan rings is 1. The summed E-state index contributed by atoms with van der Waals surface area (Å²) in [5.41, 5.74) is 0.708. The first-order valence-corrected chi connectivity index (χ1v) is 9.99. The minimum atomic E-state index is -1.07. The van der Waals surface area contributed by atoms with E-state index in [0.717, 1.165) is 18.2 Å². The lowest BCUT2D eigenvalue weighted by Crippen LogP contribution is -2.43. The van der Waals surface area contributed by atoms with Gasteiger partial charge in [0.1, 0.15) is 27.7 Å². The van der Waals surface area contributed by atoms with Crippen LogP contribution in [0.25, 0.3) is 17.4 Å². The Kier molecular flexibility index (Phi) is 6.31. The predicted octanol–water partition coefficient (Wildman–Crippen LogP) is 4.93. The van der Waals surface area contributed by atoms with Gasteiger partial charge >= 0.3 is 5.97 Å². The molecule has 28 heavy (non-hydrogen) atoms. The number of thiocarbonyl (C=S) groups is 1. The number of hydrogen-bond donors (Lipinski definition) is 1. The molecule has 5 nitrogen and oxygen atoms in total. The van der Waals surface area contributed by atoms with Gasteiger partial charge in [0.05, 0.1) is 4.91 Å². The number of thioether (sulfide) groups is 1. The first kappa shape index (κ1) is 20.3. The van der Waals surface area contributed by atoms with Crippen LogP contribution in [0, 0.1) is 5.82 Å². The predicted molar refractivity (Wildman–Crippen MR) is 110 cm³/mol. The molecular weight excluding hydrogens is 401 g/mol. The number of aliphatic carboxylic acids is 1. The molecule has 0 spiro atoms. The Labute approximate surface area is 171 Å². The summed E-state index contributed by atoms with van der Waals surface area (Å²) < 4.78 is 19.0. The minimum Gasteiger partial charge on any atom is -0.480 e. The first-order chi connectivity index (χ1) is 13.4. The highest BCUT2D eigenvalue weighted by molar-refractivity contribution is 8.26. The maximum atomic E-state index is 13.1. The normalized spacial score (nSPS) is 16.8. The Hall–Kier alpha value is -2.45. The molecule has 1 aromatic carbocycles. The van der Waals surface area contributed by atoms with Crippen molar-refractivity contribution in [3.8, 4) is 11.3 Å². The molecule has 8 heteroatoms. The Balaban J connectivity index is 1.82. The lowest BCUT2D eigenvalue weighted by atomic mass is 10.1. The van der Waals surface area contributed by atoms with Gasteiger partial charge in [0, 0.05) is 11.6 Å². The summed E-state index contributed by atoms with van der Waals surface area (Å²) in [7, 11) is 0. The fraction of sp³-hybridized carbons (Fsp3) is 0.250. The Morgan fingerprint density at radius 1 is 1.32 bits per heavy atom. The van der Waals surface area contributed by atoms with E-state index in [1.54, 1.807) is 30.3 Å². The van der Waals surface area contributed by atoms with Crippen molar-refractivity contribution < 1.29 is 23.5 Å². The second-order valence-electron chi connectivity index (χ2n) is 6.26. The number of rotatable bonds is 7. The van der Waals surface area contributed by atoms with Crippen molar-refractivity contribution in [2.24, 2.45) is 0 Å². The van der Waals surface area contributed by atoms with Gasteiger partial charge in [-0.1, -0.05) is 43.7 Å². The molecule has 1 saturated heterocycles. The number of carbonyl (C=O) groups excluding carboxylic acids is 1. The van der Waals surface area contributed by atoms with E-state index in [4.69, 9.17) is 16.6 Å². The Bertz CT molecular complexity index is 936. The number of carboxylic acid groups (broad SMARTS) is 1. The highest BCUT2D eigenvalue weighted by Gasteiger charge is 2.40. The van der Waals surface area contributed by atoms with E-state index in [1.165, 1.54) is 17.0 Å². The topological polar surface area (TPSA) is 70.8 Å². The summed E-state index contributed by atoms with van der Waals surface area (Å²) >= 11 is 6.31. The molecule has 0 saturated carbocycles. The van der Waals surface area contributed by atoms with Crippen molar-refractivity contribution in [2.45, 2.75) is 32.2 Å². The van der Waals surface area contributed by atoms with Gasteiger partial charge in [-0.2, -0.15) is 0 Å². The molecule has 0 unspecified atom stereocenters. The Morgan fingerprint density at radius 3 is 2.68 bits per heavy atom. The molecule has 146 valence electrons. The fourth-order valence-corrected chi connectivity index (χ4v) is 4.17. The van der Waals surface area contributed by atoms with Crippen LogP contribution in [0.15, 0.2) is 45.7 Å². The number of hydrogen-bond acceptors (Lipinski definition) is 5. The quantitative estimate of drug-likeness (QED) is 0.507. The fourth-order valence-electron chi connectivity index (χ4n) is 2.84. The number of unbranched alkanes of at least 4 members (excludes halogenated alkanes) is 1. The van der Waals surface area contributed by atoms with Crippen molar-refractivity contribution in [3.05, 3.63) is 52.9 Å². The summed E-state index contributed by atoms with van der Waals surface area (Å²) in [4.78, 5) is 25.8. The molecule has 1 aromatic heterocycles. The highest BCUT2D eigenvalue weighted by Crippen LogP contribution is 2.35. The Morgan fingerprint density at radius 2 is 2.04 bits per heavy atom. The molecule has 1 aliphatic rings. The van der Waals surface area contributed by atoms with Gasteiger partial charge < -0.3 is 9.52 Å². The maximum absolute atomic E-state index is 13.1. The molecule has 0 radical (unpaired) electrons. The van der Waals surface area contributed by atoms with Crippen molar-refractivity contribution in [2.75, 3.05) is 0 Å². The van der Waals surface area contributed by atoms with Gasteiger partial charge in [0.2, 0.25) is 0 Å². The number of carbonyl (C=O) groups is 2. The molecule has 0 bridgehead atoms. The van der Waals surface area contributed by atoms with E-state index in [0.29, 0.717) is 34.8 Å². The van der Waals surface area contributed by atoms with E-state index in [2.05, 4.69) is 0 Å². The number of amides is 1. The third kappa shape index (κ3) is 4.34. The largest absolute Gasteiger partial charge is 0.480 e.